The van der Waals surface area contributed by atoms with Crippen LogP contribution in [-0.2, 0) is 13.0 Å². The van der Waals surface area contributed by atoms with Gasteiger partial charge in [0.15, 0.2) is 0 Å². The maximum Gasteiger partial charge on any atom is 0.270 e. The number of aryl methyl sites for hydroxylation is 1. The van der Waals surface area contributed by atoms with Gasteiger partial charge in [0.1, 0.15) is 11.5 Å². The predicted octanol–water partition coefficient (Wildman–Crippen LogP) is 3.43. The number of nitrogens with one attached hydrogen (secondary N) is 2. The van der Waals surface area contributed by atoms with E-state index in [4.69, 9.17) is 0 Å². The monoisotopic (exact) mass is 391 g/mol. The molecule has 0 atom stereocenters. The molecule has 0 fully saturated rings. The summed E-state index contributed by atoms with van der Waals surface area (Å²) in [6.07, 6.45) is 1.81. The maximum atomic E-state index is 13.6. The molecule has 3 rings (SSSR count). The third kappa shape index (κ3) is 5.48. The van der Waals surface area contributed by atoms with Crippen molar-refractivity contribution in [3.8, 4) is 0 Å². The van der Waals surface area contributed by atoms with Gasteiger partial charge in [-0.2, -0.15) is 0 Å². The largest absolute Gasteiger partial charge is 0.352 e. The van der Waals surface area contributed by atoms with Crippen LogP contribution in [0.15, 0.2) is 66.9 Å². The molecule has 6 heteroatoms. The molecule has 2 aromatic carbocycles. The van der Waals surface area contributed by atoms with Crippen LogP contribution in [-0.4, -0.2) is 23.3 Å². The fraction of sp³-hybridized carbons (Fsp3) is 0.174. The zero-order valence-electron chi connectivity index (χ0n) is 16.1. The average Bonchev–Trinajstić information content (AvgIpc) is 2.74. The SMILES string of the molecule is Cc1ccccc1CNC(=O)c1cc(C(=O)NCCc2ccccc2F)ccn1. The highest BCUT2D eigenvalue weighted by Gasteiger charge is 2.12. The molecule has 1 heterocycles. The first kappa shape index (κ1) is 20.2. The molecule has 2 N–H and O–H groups in total. The van der Waals surface area contributed by atoms with E-state index >= 15 is 0 Å². The van der Waals surface area contributed by atoms with Gasteiger partial charge in [-0.05, 0) is 48.2 Å². The first-order valence-corrected chi connectivity index (χ1v) is 9.35. The molecule has 29 heavy (non-hydrogen) atoms. The second kappa shape index (κ2) is 9.59. The Morgan fingerprint density at radius 1 is 0.931 bits per heavy atom. The minimum absolute atomic E-state index is 0.167. The van der Waals surface area contributed by atoms with E-state index in [-0.39, 0.29) is 29.9 Å². The van der Waals surface area contributed by atoms with E-state index < -0.39 is 0 Å². The summed E-state index contributed by atoms with van der Waals surface area (Å²) in [5.74, 6) is -0.982. The molecule has 0 radical (unpaired) electrons. The molecule has 0 aliphatic heterocycles. The molecule has 0 aliphatic carbocycles. The Labute approximate surface area is 169 Å². The fourth-order valence-electron chi connectivity index (χ4n) is 2.88. The van der Waals surface area contributed by atoms with Crippen LogP contribution in [0, 0.1) is 12.7 Å². The molecular weight excluding hydrogens is 369 g/mol. The van der Waals surface area contributed by atoms with E-state index in [1.54, 1.807) is 18.2 Å². The third-order valence-electron chi connectivity index (χ3n) is 4.59. The van der Waals surface area contributed by atoms with Crippen molar-refractivity contribution in [3.05, 3.63) is 101 Å². The lowest BCUT2D eigenvalue weighted by Crippen LogP contribution is -2.27. The summed E-state index contributed by atoms with van der Waals surface area (Å²) < 4.78 is 13.6. The number of benzene rings is 2. The molecule has 0 spiro atoms. The van der Waals surface area contributed by atoms with Crippen LogP contribution in [0.1, 0.15) is 37.5 Å². The topological polar surface area (TPSA) is 71.1 Å². The van der Waals surface area contributed by atoms with Crippen LogP contribution in [0.3, 0.4) is 0 Å². The highest BCUT2D eigenvalue weighted by atomic mass is 19.1. The molecule has 2 amide bonds. The molecular formula is C23H22FN3O2. The van der Waals surface area contributed by atoms with Crippen molar-refractivity contribution in [2.75, 3.05) is 6.54 Å². The normalized spacial score (nSPS) is 10.4. The summed E-state index contributed by atoms with van der Waals surface area (Å²) in [7, 11) is 0. The van der Waals surface area contributed by atoms with Crippen LogP contribution < -0.4 is 10.6 Å². The number of carbonyl (C=O) groups is 2. The molecule has 5 nitrogen and oxygen atoms in total. The Morgan fingerprint density at radius 3 is 2.41 bits per heavy atom. The highest BCUT2D eigenvalue weighted by molar-refractivity contribution is 5.98. The standard InChI is InChI=1S/C23H22FN3O2/c1-16-6-2-3-8-19(16)15-27-23(29)21-14-18(11-12-25-21)22(28)26-13-10-17-7-4-5-9-20(17)24/h2-9,11-12,14H,10,13,15H2,1H3,(H,26,28)(H,27,29). The van der Waals surface area contributed by atoms with Crippen molar-refractivity contribution in [3.63, 3.8) is 0 Å². The minimum atomic E-state index is -0.353. The van der Waals surface area contributed by atoms with Crippen LogP contribution in [0.2, 0.25) is 0 Å². The summed E-state index contributed by atoms with van der Waals surface area (Å²) in [4.78, 5) is 28.8. The van der Waals surface area contributed by atoms with Gasteiger partial charge in [0, 0.05) is 24.8 Å². The van der Waals surface area contributed by atoms with Gasteiger partial charge in [-0.1, -0.05) is 42.5 Å². The van der Waals surface area contributed by atoms with Gasteiger partial charge in [-0.3, -0.25) is 14.6 Å². The summed E-state index contributed by atoms with van der Waals surface area (Å²) in [5, 5.41) is 5.56. The Morgan fingerprint density at radius 2 is 1.66 bits per heavy atom. The Hall–Kier alpha value is -3.54. The van der Waals surface area contributed by atoms with Gasteiger partial charge < -0.3 is 10.6 Å². The zero-order chi connectivity index (χ0) is 20.6. The van der Waals surface area contributed by atoms with Crippen LogP contribution >= 0.6 is 0 Å². The van der Waals surface area contributed by atoms with E-state index in [0.29, 0.717) is 24.1 Å². The van der Waals surface area contributed by atoms with Gasteiger partial charge in [0.2, 0.25) is 0 Å². The van der Waals surface area contributed by atoms with E-state index in [1.165, 1.54) is 24.4 Å². The van der Waals surface area contributed by atoms with Crippen molar-refractivity contribution in [2.45, 2.75) is 19.9 Å². The minimum Gasteiger partial charge on any atom is -0.352 e. The number of nitrogens with zero attached hydrogens (tertiary/aromatic N) is 1. The van der Waals surface area contributed by atoms with Gasteiger partial charge in [-0.15, -0.1) is 0 Å². The zero-order valence-corrected chi connectivity index (χ0v) is 16.1. The van der Waals surface area contributed by atoms with Crippen LogP contribution in [0.25, 0.3) is 0 Å². The molecule has 3 aromatic rings. The molecule has 0 aliphatic rings. The molecule has 1 aromatic heterocycles. The van der Waals surface area contributed by atoms with Gasteiger partial charge in [-0.25, -0.2) is 4.39 Å². The average molecular weight is 391 g/mol. The lowest BCUT2D eigenvalue weighted by atomic mass is 10.1. The maximum absolute atomic E-state index is 13.6. The second-order valence-corrected chi connectivity index (χ2v) is 6.64. The lowest BCUT2D eigenvalue weighted by Gasteiger charge is -2.09. The van der Waals surface area contributed by atoms with Gasteiger partial charge in [0.05, 0.1) is 0 Å². The van der Waals surface area contributed by atoms with E-state index in [9.17, 15) is 14.0 Å². The Bertz CT molecular complexity index is 1020. The quantitative estimate of drug-likeness (QED) is 0.648. The molecule has 0 unspecified atom stereocenters. The number of pyridine rings is 1. The number of amides is 2. The van der Waals surface area contributed by atoms with Crippen molar-refractivity contribution >= 4 is 11.8 Å². The van der Waals surface area contributed by atoms with Crippen LogP contribution in [0.4, 0.5) is 4.39 Å². The predicted molar refractivity (Wildman–Crippen MR) is 109 cm³/mol. The van der Waals surface area contributed by atoms with Crippen molar-refractivity contribution in [2.24, 2.45) is 0 Å². The summed E-state index contributed by atoms with van der Waals surface area (Å²) >= 11 is 0. The van der Waals surface area contributed by atoms with Gasteiger partial charge in [0.25, 0.3) is 11.8 Å². The van der Waals surface area contributed by atoms with Gasteiger partial charge >= 0.3 is 0 Å². The Kier molecular flexibility index (Phi) is 6.68. The summed E-state index contributed by atoms with van der Waals surface area (Å²) in [6.45, 7) is 2.65. The van der Waals surface area contributed by atoms with E-state index in [1.807, 2.05) is 31.2 Å². The van der Waals surface area contributed by atoms with Crippen LogP contribution in [0.5, 0.6) is 0 Å². The molecule has 0 saturated carbocycles. The number of hydrogen-bond acceptors (Lipinski definition) is 3. The number of aromatic nitrogens is 1. The summed E-state index contributed by atoms with van der Waals surface area (Å²) in [5.41, 5.74) is 3.14. The Balaban J connectivity index is 1.56. The smallest absolute Gasteiger partial charge is 0.270 e. The summed E-state index contributed by atoms with van der Waals surface area (Å²) in [6, 6.07) is 17.2. The fourth-order valence-corrected chi connectivity index (χ4v) is 2.88. The van der Waals surface area contributed by atoms with Crippen molar-refractivity contribution in [1.82, 2.24) is 15.6 Å². The molecule has 148 valence electrons. The number of hydrogen-bond donors (Lipinski definition) is 2. The number of halogens is 1. The first-order valence-electron chi connectivity index (χ1n) is 9.35. The molecule has 0 bridgehead atoms. The lowest BCUT2D eigenvalue weighted by molar-refractivity contribution is 0.0946. The van der Waals surface area contributed by atoms with Crippen molar-refractivity contribution in [1.29, 1.82) is 0 Å². The number of carbonyl (C=O) groups excluding carboxylic acids is 2. The number of rotatable bonds is 7. The third-order valence-corrected chi connectivity index (χ3v) is 4.59. The van der Waals surface area contributed by atoms with E-state index in [0.717, 1.165) is 11.1 Å². The second-order valence-electron chi connectivity index (χ2n) is 6.64. The first-order chi connectivity index (χ1) is 14.0. The van der Waals surface area contributed by atoms with E-state index in [2.05, 4.69) is 15.6 Å². The van der Waals surface area contributed by atoms with Crippen molar-refractivity contribution < 1.29 is 14.0 Å². The molecule has 0 saturated heterocycles. The highest BCUT2D eigenvalue weighted by Crippen LogP contribution is 2.08.